The van der Waals surface area contributed by atoms with Gasteiger partial charge in [-0.15, -0.1) is 0 Å². The van der Waals surface area contributed by atoms with Crippen molar-refractivity contribution in [2.45, 2.75) is 6.92 Å². The molecule has 0 saturated heterocycles. The zero-order chi connectivity index (χ0) is 13.5. The van der Waals surface area contributed by atoms with Crippen LogP contribution in [0.15, 0.2) is 18.2 Å². The fraction of sp³-hybridized carbons (Fsp3) is 0.273. The molecule has 0 saturated carbocycles. The summed E-state index contributed by atoms with van der Waals surface area (Å²) in [5.41, 5.74) is -0.0730. The van der Waals surface area contributed by atoms with Crippen LogP contribution in [-0.4, -0.2) is 25.0 Å². The molecule has 3 N–H and O–H groups in total. The highest BCUT2D eigenvalue weighted by Gasteiger charge is 2.09. The van der Waals surface area contributed by atoms with Gasteiger partial charge in [0.15, 0.2) is 0 Å². The largest absolute Gasteiger partial charge is 0.355 e. The molecule has 3 amide bonds. The lowest BCUT2D eigenvalue weighted by Gasteiger charge is -2.09. The summed E-state index contributed by atoms with van der Waals surface area (Å²) in [7, 11) is 0. The Kier molecular flexibility index (Phi) is 5.38. The first kappa shape index (κ1) is 14.2. The summed E-state index contributed by atoms with van der Waals surface area (Å²) in [6.07, 6.45) is 0. The number of benzene rings is 1. The lowest BCUT2D eigenvalue weighted by Crippen LogP contribution is -2.36. The monoisotopic (exact) mass is 273 g/mol. The lowest BCUT2D eigenvalue weighted by atomic mass is 10.3. The molecular weight excluding hydrogens is 261 g/mol. The fourth-order valence-electron chi connectivity index (χ4n) is 1.19. The molecule has 0 aromatic heterocycles. The first-order chi connectivity index (χ1) is 8.50. The van der Waals surface area contributed by atoms with Crippen LogP contribution in [-0.2, 0) is 4.79 Å². The van der Waals surface area contributed by atoms with Crippen LogP contribution < -0.4 is 16.0 Å². The van der Waals surface area contributed by atoms with Gasteiger partial charge in [0, 0.05) is 20.0 Å². The van der Waals surface area contributed by atoms with Crippen LogP contribution in [0.25, 0.3) is 0 Å². The number of halogens is 2. The van der Waals surface area contributed by atoms with Gasteiger partial charge in [-0.2, -0.15) is 0 Å². The van der Waals surface area contributed by atoms with E-state index in [4.69, 9.17) is 11.6 Å². The minimum atomic E-state index is -0.612. The fourth-order valence-corrected chi connectivity index (χ4v) is 1.40. The topological polar surface area (TPSA) is 70.2 Å². The number of rotatable bonds is 4. The first-order valence-corrected chi connectivity index (χ1v) is 5.62. The van der Waals surface area contributed by atoms with Crippen molar-refractivity contribution in [3.63, 3.8) is 0 Å². The van der Waals surface area contributed by atoms with E-state index < -0.39 is 11.8 Å². The van der Waals surface area contributed by atoms with Crippen molar-refractivity contribution < 1.29 is 14.0 Å². The van der Waals surface area contributed by atoms with Gasteiger partial charge in [-0.05, 0) is 12.1 Å². The standard InChI is InChI=1S/C11H13ClFN3O2/c1-7(17)14-5-6-15-11(18)16-10-8(12)3-2-4-9(10)13/h2-4H,5-6H2,1H3,(H,14,17)(H2,15,16,18). The highest BCUT2D eigenvalue weighted by molar-refractivity contribution is 6.33. The molecule has 0 aliphatic heterocycles. The third kappa shape index (κ3) is 4.58. The molecule has 1 aromatic rings. The Hall–Kier alpha value is -1.82. The molecule has 0 heterocycles. The minimum absolute atomic E-state index is 0.0730. The van der Waals surface area contributed by atoms with Gasteiger partial charge in [-0.3, -0.25) is 4.79 Å². The number of hydrogen-bond donors (Lipinski definition) is 3. The van der Waals surface area contributed by atoms with Crippen LogP contribution in [0.1, 0.15) is 6.92 Å². The van der Waals surface area contributed by atoms with Crippen LogP contribution in [0.4, 0.5) is 14.9 Å². The molecule has 1 rings (SSSR count). The second-order valence-electron chi connectivity index (χ2n) is 3.46. The quantitative estimate of drug-likeness (QED) is 0.731. The maximum atomic E-state index is 13.3. The Labute approximate surface area is 109 Å². The van der Waals surface area contributed by atoms with E-state index in [1.54, 1.807) is 0 Å². The van der Waals surface area contributed by atoms with E-state index in [-0.39, 0.29) is 23.2 Å². The van der Waals surface area contributed by atoms with Gasteiger partial charge in [-0.1, -0.05) is 17.7 Å². The Bertz CT molecular complexity index is 434. The molecule has 0 fully saturated rings. The number of para-hydroxylation sites is 1. The molecule has 1 aromatic carbocycles. The van der Waals surface area contributed by atoms with Gasteiger partial charge < -0.3 is 16.0 Å². The van der Waals surface area contributed by atoms with E-state index in [2.05, 4.69) is 16.0 Å². The van der Waals surface area contributed by atoms with Gasteiger partial charge in [-0.25, -0.2) is 9.18 Å². The predicted molar refractivity (Wildman–Crippen MR) is 67.1 cm³/mol. The molecule has 0 aliphatic rings. The third-order valence-corrected chi connectivity index (χ3v) is 2.30. The average molecular weight is 274 g/mol. The highest BCUT2D eigenvalue weighted by atomic mass is 35.5. The summed E-state index contributed by atoms with van der Waals surface area (Å²) in [6.45, 7) is 1.91. The molecule has 0 unspecified atom stereocenters. The van der Waals surface area contributed by atoms with Gasteiger partial charge in [0.05, 0.1) is 10.7 Å². The predicted octanol–water partition coefficient (Wildman–Crippen LogP) is 1.74. The Morgan fingerprint density at radius 2 is 1.94 bits per heavy atom. The van der Waals surface area contributed by atoms with Gasteiger partial charge >= 0.3 is 6.03 Å². The molecule has 0 bridgehead atoms. The van der Waals surface area contributed by atoms with E-state index >= 15 is 0 Å². The van der Waals surface area contributed by atoms with Crippen LogP contribution in [0.3, 0.4) is 0 Å². The van der Waals surface area contributed by atoms with Gasteiger partial charge in [0.1, 0.15) is 5.82 Å². The maximum Gasteiger partial charge on any atom is 0.319 e. The van der Waals surface area contributed by atoms with Crippen molar-refractivity contribution in [3.05, 3.63) is 29.0 Å². The van der Waals surface area contributed by atoms with Gasteiger partial charge in [0.25, 0.3) is 0 Å². The van der Waals surface area contributed by atoms with Crippen LogP contribution in [0.2, 0.25) is 5.02 Å². The lowest BCUT2D eigenvalue weighted by molar-refractivity contribution is -0.118. The van der Waals surface area contributed by atoms with E-state index in [1.165, 1.54) is 25.1 Å². The van der Waals surface area contributed by atoms with E-state index in [0.29, 0.717) is 6.54 Å². The number of carbonyl (C=O) groups excluding carboxylic acids is 2. The highest BCUT2D eigenvalue weighted by Crippen LogP contribution is 2.24. The van der Waals surface area contributed by atoms with Gasteiger partial charge in [0.2, 0.25) is 5.91 Å². The van der Waals surface area contributed by atoms with Crippen molar-refractivity contribution in [2.24, 2.45) is 0 Å². The summed E-state index contributed by atoms with van der Waals surface area (Å²) in [6, 6.07) is 3.51. The van der Waals surface area contributed by atoms with E-state index in [1.807, 2.05) is 0 Å². The Morgan fingerprint density at radius 3 is 2.56 bits per heavy atom. The summed E-state index contributed by atoms with van der Waals surface area (Å²) in [5.74, 6) is -0.797. The molecule has 18 heavy (non-hydrogen) atoms. The molecule has 0 radical (unpaired) electrons. The zero-order valence-corrected chi connectivity index (χ0v) is 10.5. The first-order valence-electron chi connectivity index (χ1n) is 5.24. The smallest absolute Gasteiger partial charge is 0.319 e. The SMILES string of the molecule is CC(=O)NCCNC(=O)Nc1c(F)cccc1Cl. The average Bonchev–Trinajstić information content (AvgIpc) is 2.29. The number of urea groups is 1. The maximum absolute atomic E-state index is 13.3. The Morgan fingerprint density at radius 1 is 1.28 bits per heavy atom. The number of anilines is 1. The minimum Gasteiger partial charge on any atom is -0.355 e. The summed E-state index contributed by atoms with van der Waals surface area (Å²) >= 11 is 5.74. The summed E-state index contributed by atoms with van der Waals surface area (Å²) in [4.78, 5) is 22.0. The van der Waals surface area contributed by atoms with Crippen molar-refractivity contribution in [2.75, 3.05) is 18.4 Å². The molecule has 98 valence electrons. The summed E-state index contributed by atoms with van der Waals surface area (Å²) < 4.78 is 13.3. The molecule has 0 aliphatic carbocycles. The van der Waals surface area contributed by atoms with Crippen LogP contribution in [0.5, 0.6) is 0 Å². The number of carbonyl (C=O) groups is 2. The Balaban J connectivity index is 2.43. The molecule has 0 atom stereocenters. The van der Waals surface area contributed by atoms with Crippen molar-refractivity contribution in [1.29, 1.82) is 0 Å². The van der Waals surface area contributed by atoms with Crippen molar-refractivity contribution in [1.82, 2.24) is 10.6 Å². The number of nitrogens with one attached hydrogen (secondary N) is 3. The number of amides is 3. The second-order valence-corrected chi connectivity index (χ2v) is 3.87. The molecule has 5 nitrogen and oxygen atoms in total. The van der Waals surface area contributed by atoms with E-state index in [9.17, 15) is 14.0 Å². The summed E-state index contributed by atoms with van der Waals surface area (Å²) in [5, 5.41) is 7.37. The third-order valence-electron chi connectivity index (χ3n) is 1.99. The molecule has 7 heteroatoms. The van der Waals surface area contributed by atoms with Crippen LogP contribution >= 0.6 is 11.6 Å². The zero-order valence-electron chi connectivity index (χ0n) is 9.72. The van der Waals surface area contributed by atoms with Crippen molar-refractivity contribution >= 4 is 29.2 Å². The normalized spacial score (nSPS) is 9.72. The second kappa shape index (κ2) is 6.80. The van der Waals surface area contributed by atoms with Crippen molar-refractivity contribution in [3.8, 4) is 0 Å². The van der Waals surface area contributed by atoms with Crippen LogP contribution in [0, 0.1) is 5.82 Å². The molecule has 0 spiro atoms. The number of hydrogen-bond acceptors (Lipinski definition) is 2. The van der Waals surface area contributed by atoms with E-state index in [0.717, 1.165) is 0 Å². The molecular formula is C11H13ClFN3O2.